The van der Waals surface area contributed by atoms with E-state index in [2.05, 4.69) is 15.6 Å². The number of hydrogen-bond donors (Lipinski definition) is 4. The topological polar surface area (TPSA) is 137 Å². The van der Waals surface area contributed by atoms with Gasteiger partial charge in [0.2, 0.25) is 5.91 Å². The van der Waals surface area contributed by atoms with Gasteiger partial charge in [-0.05, 0) is 36.3 Å². The first-order chi connectivity index (χ1) is 19.9. The predicted octanol–water partition coefficient (Wildman–Crippen LogP) is 3.36. The second-order valence-corrected chi connectivity index (χ2v) is 12.8. The highest BCUT2D eigenvalue weighted by molar-refractivity contribution is 8.03. The van der Waals surface area contributed by atoms with E-state index in [1.807, 2.05) is 88.4 Å². The Bertz CT molecular complexity index is 1270. The molecule has 3 amide bonds. The Hall–Kier alpha value is -3.34. The molecule has 1 aliphatic rings. The molecule has 2 aromatic carbocycles. The van der Waals surface area contributed by atoms with Gasteiger partial charge in [-0.25, -0.2) is 14.0 Å². The predicted molar refractivity (Wildman–Crippen MR) is 169 cm³/mol. The van der Waals surface area contributed by atoms with Gasteiger partial charge < -0.3 is 26.4 Å². The molecule has 1 heterocycles. The molecule has 228 valence electrons. The molecule has 5 atom stereocenters. The zero-order chi connectivity index (χ0) is 30.8. The van der Waals surface area contributed by atoms with Crippen LogP contribution in [0.3, 0.4) is 0 Å². The van der Waals surface area contributed by atoms with Gasteiger partial charge in [0.1, 0.15) is 11.1 Å². The van der Waals surface area contributed by atoms with Crippen molar-refractivity contribution in [3.63, 3.8) is 0 Å². The number of urea groups is 1. The molecule has 2 aromatic rings. The smallest absolute Gasteiger partial charge is 0.318 e. The standard InChI is InChI=1S/C32H45N5O4S/c1-21(2)29(36-32(40)37(5)19-26-20-42(41)31(35-26)22(3)4)30(39)34-25(16-23-12-8-6-9-13-23)18-28(38)27(33)17-24-14-10-7-11-15-24/h6-15,20-22,25,27-29,38H,16-19,33H2,1-5H3,(H,34,39)(H,36,40)/t25-,27-,28-,29-,42?/m0/s1. The normalized spacial score (nSPS) is 17.7. The molecule has 0 spiro atoms. The number of aliphatic hydroxyl groups excluding tert-OH is 1. The highest BCUT2D eigenvalue weighted by Crippen LogP contribution is 2.18. The van der Waals surface area contributed by atoms with Crippen molar-refractivity contribution in [2.24, 2.45) is 22.6 Å². The number of carbonyl (C=O) groups is 2. The van der Waals surface area contributed by atoms with Crippen molar-refractivity contribution >= 4 is 27.8 Å². The fourth-order valence-corrected chi connectivity index (χ4v) is 5.96. The van der Waals surface area contributed by atoms with Gasteiger partial charge in [-0.15, -0.1) is 0 Å². The van der Waals surface area contributed by atoms with Gasteiger partial charge in [-0.2, -0.15) is 0 Å². The van der Waals surface area contributed by atoms with E-state index < -0.39 is 41.1 Å². The fraction of sp³-hybridized carbons (Fsp3) is 0.469. The Balaban J connectivity index is 1.67. The molecular weight excluding hydrogens is 550 g/mol. The number of benzene rings is 2. The van der Waals surface area contributed by atoms with Crippen LogP contribution in [0.15, 0.2) is 76.8 Å². The van der Waals surface area contributed by atoms with Crippen LogP contribution in [0.5, 0.6) is 0 Å². The summed E-state index contributed by atoms with van der Waals surface area (Å²) in [5.74, 6) is -0.491. The molecular formula is C32H45N5O4S. The average molecular weight is 596 g/mol. The monoisotopic (exact) mass is 595 g/mol. The lowest BCUT2D eigenvalue weighted by Crippen LogP contribution is -2.55. The van der Waals surface area contributed by atoms with Gasteiger partial charge in [-0.3, -0.25) is 4.79 Å². The third kappa shape index (κ3) is 9.89. The molecule has 42 heavy (non-hydrogen) atoms. The van der Waals surface area contributed by atoms with Crippen LogP contribution >= 0.6 is 0 Å². The van der Waals surface area contributed by atoms with Crippen LogP contribution in [-0.4, -0.2) is 69.0 Å². The summed E-state index contributed by atoms with van der Waals surface area (Å²) in [4.78, 5) is 32.5. The summed E-state index contributed by atoms with van der Waals surface area (Å²) < 4.78 is 12.3. The molecule has 1 unspecified atom stereocenters. The van der Waals surface area contributed by atoms with Gasteiger partial charge in [0.15, 0.2) is 0 Å². The molecule has 0 fully saturated rings. The van der Waals surface area contributed by atoms with E-state index >= 15 is 0 Å². The van der Waals surface area contributed by atoms with Crippen molar-refractivity contribution in [3.8, 4) is 0 Å². The quantitative estimate of drug-likeness (QED) is 0.266. The molecule has 5 N–H and O–H groups in total. The zero-order valence-electron chi connectivity index (χ0n) is 25.2. The van der Waals surface area contributed by atoms with Crippen LogP contribution in [0, 0.1) is 11.8 Å². The van der Waals surface area contributed by atoms with E-state index in [9.17, 15) is 18.9 Å². The van der Waals surface area contributed by atoms with Crippen molar-refractivity contribution in [2.45, 2.75) is 71.2 Å². The van der Waals surface area contributed by atoms with Crippen molar-refractivity contribution in [3.05, 3.63) is 82.9 Å². The zero-order valence-corrected chi connectivity index (χ0v) is 26.0. The van der Waals surface area contributed by atoms with Crippen LogP contribution < -0.4 is 16.4 Å². The van der Waals surface area contributed by atoms with Crippen LogP contribution in [0.2, 0.25) is 0 Å². The van der Waals surface area contributed by atoms with Crippen LogP contribution in [-0.2, 0) is 28.4 Å². The second-order valence-electron chi connectivity index (χ2n) is 11.6. The number of amides is 3. The SMILES string of the molecule is CC(C)C1=NC(CN(C)C(=O)N[C@H](C(=O)N[C@@H](Cc2ccccc2)C[C@H](O)[C@@H](N)Cc2ccccc2)C(C)C)=CS1=O. The Morgan fingerprint density at radius 2 is 1.52 bits per heavy atom. The first kappa shape index (κ1) is 33.2. The molecule has 0 saturated carbocycles. The van der Waals surface area contributed by atoms with Crippen LogP contribution in [0.4, 0.5) is 4.79 Å². The maximum atomic E-state index is 13.6. The molecule has 0 bridgehead atoms. The Morgan fingerprint density at radius 1 is 0.952 bits per heavy atom. The Morgan fingerprint density at radius 3 is 2.05 bits per heavy atom. The number of likely N-dealkylation sites (N-methyl/N-ethyl adjacent to an activating group) is 1. The summed E-state index contributed by atoms with van der Waals surface area (Å²) in [7, 11) is 0.327. The number of carbonyl (C=O) groups excluding carboxylic acids is 2. The number of nitrogens with zero attached hydrogens (tertiary/aromatic N) is 2. The molecule has 9 nitrogen and oxygen atoms in total. The number of rotatable bonds is 14. The molecule has 10 heteroatoms. The first-order valence-electron chi connectivity index (χ1n) is 14.5. The first-order valence-corrected chi connectivity index (χ1v) is 15.7. The van der Waals surface area contributed by atoms with Crippen LogP contribution in [0.25, 0.3) is 0 Å². The maximum Gasteiger partial charge on any atom is 0.318 e. The van der Waals surface area contributed by atoms with Gasteiger partial charge in [-0.1, -0.05) is 88.4 Å². The number of nitrogens with one attached hydrogen (secondary N) is 2. The number of aliphatic hydroxyl groups is 1. The third-order valence-electron chi connectivity index (χ3n) is 7.18. The summed E-state index contributed by atoms with van der Waals surface area (Å²) in [6.45, 7) is 7.75. The van der Waals surface area contributed by atoms with Gasteiger partial charge in [0, 0.05) is 30.5 Å². The minimum atomic E-state index is -1.28. The van der Waals surface area contributed by atoms with E-state index in [4.69, 9.17) is 5.73 Å². The van der Waals surface area contributed by atoms with E-state index in [0.717, 1.165) is 11.1 Å². The van der Waals surface area contributed by atoms with Gasteiger partial charge in [0.25, 0.3) is 0 Å². The lowest BCUT2D eigenvalue weighted by Gasteiger charge is -2.29. The summed E-state index contributed by atoms with van der Waals surface area (Å²) in [6, 6.07) is 17.3. The minimum absolute atomic E-state index is 0.0444. The van der Waals surface area contributed by atoms with E-state index in [-0.39, 0.29) is 30.7 Å². The summed E-state index contributed by atoms with van der Waals surface area (Å²) >= 11 is 0. The van der Waals surface area contributed by atoms with Crippen LogP contribution in [0.1, 0.15) is 45.2 Å². The van der Waals surface area contributed by atoms with E-state index in [1.54, 1.807) is 12.5 Å². The average Bonchev–Trinajstić information content (AvgIpc) is 3.32. The number of aliphatic imine (C=N–C) groups is 1. The fourth-order valence-electron chi connectivity index (χ4n) is 4.80. The van der Waals surface area contributed by atoms with Crippen molar-refractivity contribution in [2.75, 3.05) is 13.6 Å². The number of hydrogen-bond acceptors (Lipinski definition) is 6. The summed E-state index contributed by atoms with van der Waals surface area (Å²) in [5.41, 5.74) is 8.98. The second kappa shape index (κ2) is 15.8. The molecule has 0 aromatic heterocycles. The Labute approximate surface area is 252 Å². The van der Waals surface area contributed by atoms with Gasteiger partial charge >= 0.3 is 6.03 Å². The minimum Gasteiger partial charge on any atom is -0.391 e. The highest BCUT2D eigenvalue weighted by atomic mass is 32.2. The number of nitrogens with two attached hydrogens (primary N) is 1. The molecule has 0 aliphatic carbocycles. The van der Waals surface area contributed by atoms with E-state index in [0.29, 0.717) is 23.6 Å². The van der Waals surface area contributed by atoms with Crippen molar-refractivity contribution < 1.29 is 18.9 Å². The van der Waals surface area contributed by atoms with Crippen molar-refractivity contribution in [1.82, 2.24) is 15.5 Å². The molecule has 0 saturated heterocycles. The maximum absolute atomic E-state index is 13.6. The molecule has 1 aliphatic heterocycles. The third-order valence-corrected chi connectivity index (χ3v) is 8.64. The van der Waals surface area contributed by atoms with Crippen molar-refractivity contribution in [1.29, 1.82) is 0 Å². The molecule has 3 rings (SSSR count). The molecule has 0 radical (unpaired) electrons. The Kier molecular flexibility index (Phi) is 12.4. The lowest BCUT2D eigenvalue weighted by molar-refractivity contribution is -0.124. The van der Waals surface area contributed by atoms with E-state index in [1.165, 1.54) is 4.90 Å². The summed E-state index contributed by atoms with van der Waals surface area (Å²) in [5, 5.41) is 19.1. The van der Waals surface area contributed by atoms with Gasteiger partial charge in [0.05, 0.1) is 29.1 Å². The highest BCUT2D eigenvalue weighted by Gasteiger charge is 2.30. The summed E-state index contributed by atoms with van der Waals surface area (Å²) in [6.07, 6.45) is 0.424. The lowest BCUT2D eigenvalue weighted by atomic mass is 9.93. The largest absolute Gasteiger partial charge is 0.391 e.